The lowest BCUT2D eigenvalue weighted by molar-refractivity contribution is -0.115. The lowest BCUT2D eigenvalue weighted by Gasteiger charge is -2.07. The van der Waals surface area contributed by atoms with Gasteiger partial charge in [0.15, 0.2) is 16.7 Å². The summed E-state index contributed by atoms with van der Waals surface area (Å²) in [4.78, 5) is 17.4. The summed E-state index contributed by atoms with van der Waals surface area (Å²) in [6.45, 7) is 2.19. The number of nitrogens with zero attached hydrogens (tertiary/aromatic N) is 1. The summed E-state index contributed by atoms with van der Waals surface area (Å²) in [7, 11) is 3.18. The van der Waals surface area contributed by atoms with E-state index in [1.807, 2.05) is 36.4 Å². The number of methoxy groups -OCH3 is 2. The average molecular weight is 397 g/mol. The van der Waals surface area contributed by atoms with Crippen LogP contribution in [0.1, 0.15) is 30.9 Å². The molecular formula is C22H24N2O3S. The van der Waals surface area contributed by atoms with Crippen LogP contribution in [0.3, 0.4) is 0 Å². The van der Waals surface area contributed by atoms with Crippen molar-refractivity contribution in [3.63, 3.8) is 0 Å². The molecule has 0 bridgehead atoms. The highest BCUT2D eigenvalue weighted by Crippen LogP contribution is 2.32. The Bertz CT molecular complexity index is 904. The number of thioether (sulfide) groups is 1. The third kappa shape index (κ3) is 4.95. The molecule has 0 radical (unpaired) electrons. The maximum atomic E-state index is 12.3. The first-order valence-electron chi connectivity index (χ1n) is 9.23. The van der Waals surface area contributed by atoms with E-state index in [0.29, 0.717) is 21.6 Å². The van der Waals surface area contributed by atoms with Crippen molar-refractivity contribution in [1.29, 1.82) is 0 Å². The van der Waals surface area contributed by atoms with Gasteiger partial charge in [0.25, 0.3) is 5.91 Å². The Hall–Kier alpha value is -2.73. The molecule has 2 aromatic carbocycles. The van der Waals surface area contributed by atoms with Gasteiger partial charge in [0.1, 0.15) is 0 Å². The fraction of sp³-hybridized carbons (Fsp3) is 0.273. The predicted molar refractivity (Wildman–Crippen MR) is 115 cm³/mol. The second kappa shape index (κ2) is 9.46. The van der Waals surface area contributed by atoms with Crippen LogP contribution in [-0.4, -0.2) is 25.3 Å². The number of carbonyl (C=O) groups excluding carboxylic acids is 1. The van der Waals surface area contributed by atoms with Gasteiger partial charge in [-0.15, -0.1) is 0 Å². The Morgan fingerprint density at radius 2 is 1.82 bits per heavy atom. The van der Waals surface area contributed by atoms with E-state index in [9.17, 15) is 4.79 Å². The zero-order valence-electron chi connectivity index (χ0n) is 16.3. The van der Waals surface area contributed by atoms with Crippen LogP contribution in [0.5, 0.6) is 11.5 Å². The Kier molecular flexibility index (Phi) is 6.76. The van der Waals surface area contributed by atoms with Gasteiger partial charge in [-0.05, 0) is 66.1 Å². The third-order valence-corrected chi connectivity index (χ3v) is 5.25. The molecule has 146 valence electrons. The number of nitrogens with one attached hydrogen (secondary N) is 1. The molecule has 5 nitrogen and oxygen atoms in total. The number of ether oxygens (including phenoxy) is 2. The van der Waals surface area contributed by atoms with E-state index in [-0.39, 0.29) is 5.91 Å². The van der Waals surface area contributed by atoms with Crippen LogP contribution >= 0.6 is 11.8 Å². The summed E-state index contributed by atoms with van der Waals surface area (Å²) in [6, 6.07) is 13.7. The quantitative estimate of drug-likeness (QED) is 0.674. The molecule has 3 rings (SSSR count). The number of aliphatic imine (C=N–C) groups is 1. The van der Waals surface area contributed by atoms with E-state index in [2.05, 4.69) is 29.4 Å². The van der Waals surface area contributed by atoms with E-state index >= 15 is 0 Å². The van der Waals surface area contributed by atoms with Crippen molar-refractivity contribution in [3.05, 3.63) is 58.5 Å². The monoisotopic (exact) mass is 396 g/mol. The summed E-state index contributed by atoms with van der Waals surface area (Å²) in [5.74, 6) is 1.12. The Balaban J connectivity index is 1.74. The summed E-state index contributed by atoms with van der Waals surface area (Å²) in [6.07, 6.45) is 5.27. The molecule has 1 aliphatic rings. The van der Waals surface area contributed by atoms with E-state index in [1.54, 1.807) is 14.2 Å². The second-order valence-electron chi connectivity index (χ2n) is 6.37. The lowest BCUT2D eigenvalue weighted by atomic mass is 10.1. The minimum Gasteiger partial charge on any atom is -0.493 e. The van der Waals surface area contributed by atoms with E-state index < -0.39 is 0 Å². The van der Waals surface area contributed by atoms with Crippen LogP contribution in [0.4, 0.5) is 5.69 Å². The summed E-state index contributed by atoms with van der Waals surface area (Å²) >= 11 is 1.33. The van der Waals surface area contributed by atoms with Gasteiger partial charge in [-0.25, -0.2) is 4.99 Å². The molecule has 0 saturated carbocycles. The number of carbonyl (C=O) groups is 1. The van der Waals surface area contributed by atoms with Gasteiger partial charge in [-0.3, -0.25) is 4.79 Å². The van der Waals surface area contributed by atoms with Crippen molar-refractivity contribution >= 4 is 34.6 Å². The van der Waals surface area contributed by atoms with Gasteiger partial charge >= 0.3 is 0 Å². The Labute approximate surface area is 169 Å². The number of unbranched alkanes of at least 4 members (excludes halogenated alkanes) is 1. The van der Waals surface area contributed by atoms with Gasteiger partial charge in [-0.2, -0.15) is 0 Å². The van der Waals surface area contributed by atoms with Crippen LogP contribution in [-0.2, 0) is 11.2 Å². The molecule has 1 amide bonds. The van der Waals surface area contributed by atoms with Gasteiger partial charge in [0.2, 0.25) is 0 Å². The molecule has 0 aromatic heterocycles. The van der Waals surface area contributed by atoms with Crippen LogP contribution in [0.2, 0.25) is 0 Å². The molecule has 1 saturated heterocycles. The number of rotatable bonds is 7. The normalized spacial score (nSPS) is 16.5. The minimum absolute atomic E-state index is 0.155. The van der Waals surface area contributed by atoms with Crippen molar-refractivity contribution < 1.29 is 14.3 Å². The van der Waals surface area contributed by atoms with Gasteiger partial charge in [0, 0.05) is 0 Å². The highest BCUT2D eigenvalue weighted by molar-refractivity contribution is 8.18. The molecule has 1 aliphatic heterocycles. The zero-order valence-corrected chi connectivity index (χ0v) is 17.1. The van der Waals surface area contributed by atoms with Crippen molar-refractivity contribution in [3.8, 4) is 11.5 Å². The summed E-state index contributed by atoms with van der Waals surface area (Å²) in [5.41, 5.74) is 3.00. The molecule has 0 aliphatic carbocycles. The SMILES string of the molecule is CCCCc1ccc(N=C2NC(=O)/C(=C/c3ccc(OC)c(OC)c3)S2)cc1. The Morgan fingerprint density at radius 3 is 2.50 bits per heavy atom. The fourth-order valence-corrected chi connectivity index (χ4v) is 3.65. The fourth-order valence-electron chi connectivity index (χ4n) is 2.81. The van der Waals surface area contributed by atoms with Crippen LogP contribution in [0, 0.1) is 0 Å². The van der Waals surface area contributed by atoms with Crippen molar-refractivity contribution in [2.24, 2.45) is 4.99 Å². The molecule has 28 heavy (non-hydrogen) atoms. The van der Waals surface area contributed by atoms with Crippen molar-refractivity contribution in [1.82, 2.24) is 5.32 Å². The van der Waals surface area contributed by atoms with Gasteiger partial charge < -0.3 is 14.8 Å². The van der Waals surface area contributed by atoms with Crippen LogP contribution in [0.25, 0.3) is 6.08 Å². The first kappa shape index (κ1) is 20.0. The number of amidine groups is 1. The van der Waals surface area contributed by atoms with E-state index in [1.165, 1.54) is 30.2 Å². The summed E-state index contributed by atoms with van der Waals surface area (Å²) in [5, 5.41) is 3.40. The predicted octanol–water partition coefficient (Wildman–Crippen LogP) is 4.94. The van der Waals surface area contributed by atoms with Gasteiger partial charge in [0.05, 0.1) is 24.8 Å². The second-order valence-corrected chi connectivity index (χ2v) is 7.40. The molecule has 6 heteroatoms. The standard InChI is InChI=1S/C22H24N2O3S/c1-4-5-6-15-7-10-17(11-8-15)23-22-24-21(25)20(28-22)14-16-9-12-18(26-2)19(13-16)27-3/h7-14H,4-6H2,1-3H3,(H,23,24,25)/b20-14-. The lowest BCUT2D eigenvalue weighted by Crippen LogP contribution is -2.19. The molecule has 0 spiro atoms. The number of amides is 1. The number of benzene rings is 2. The molecular weight excluding hydrogens is 372 g/mol. The van der Waals surface area contributed by atoms with E-state index in [0.717, 1.165) is 17.7 Å². The number of hydrogen-bond donors (Lipinski definition) is 1. The summed E-state index contributed by atoms with van der Waals surface area (Å²) < 4.78 is 10.6. The smallest absolute Gasteiger partial charge is 0.264 e. The Morgan fingerprint density at radius 1 is 1.07 bits per heavy atom. The minimum atomic E-state index is -0.155. The van der Waals surface area contributed by atoms with Crippen LogP contribution < -0.4 is 14.8 Å². The number of hydrogen-bond acceptors (Lipinski definition) is 5. The molecule has 1 N–H and O–H groups in total. The largest absolute Gasteiger partial charge is 0.493 e. The average Bonchev–Trinajstić information content (AvgIpc) is 3.06. The van der Waals surface area contributed by atoms with Gasteiger partial charge in [-0.1, -0.05) is 31.5 Å². The molecule has 2 aromatic rings. The van der Waals surface area contributed by atoms with Crippen molar-refractivity contribution in [2.75, 3.05) is 14.2 Å². The topological polar surface area (TPSA) is 59.9 Å². The third-order valence-electron chi connectivity index (χ3n) is 4.34. The zero-order chi connectivity index (χ0) is 19.9. The first-order valence-corrected chi connectivity index (χ1v) is 10.0. The van der Waals surface area contributed by atoms with Crippen LogP contribution in [0.15, 0.2) is 52.4 Å². The highest BCUT2D eigenvalue weighted by atomic mass is 32.2. The molecule has 1 heterocycles. The molecule has 1 fully saturated rings. The molecule has 0 unspecified atom stereocenters. The maximum absolute atomic E-state index is 12.3. The first-order chi connectivity index (χ1) is 13.6. The number of aryl methyl sites for hydroxylation is 1. The maximum Gasteiger partial charge on any atom is 0.264 e. The van der Waals surface area contributed by atoms with Crippen molar-refractivity contribution in [2.45, 2.75) is 26.2 Å². The highest BCUT2D eigenvalue weighted by Gasteiger charge is 2.24. The van der Waals surface area contributed by atoms with E-state index in [4.69, 9.17) is 9.47 Å². The molecule has 0 atom stereocenters.